The van der Waals surface area contributed by atoms with Crippen molar-refractivity contribution in [2.75, 3.05) is 32.7 Å². The van der Waals surface area contributed by atoms with Gasteiger partial charge in [-0.15, -0.1) is 6.58 Å². The molecule has 1 aliphatic rings. The number of nitrogens with zero attached hydrogens (tertiary/aromatic N) is 2. The van der Waals surface area contributed by atoms with E-state index in [1.165, 1.54) is 6.92 Å². The van der Waals surface area contributed by atoms with Crippen molar-refractivity contribution in [2.24, 2.45) is 0 Å². The predicted molar refractivity (Wildman–Crippen MR) is 77.1 cm³/mol. The summed E-state index contributed by atoms with van der Waals surface area (Å²) in [7, 11) is 0. The summed E-state index contributed by atoms with van der Waals surface area (Å²) >= 11 is 0. The molecule has 20 heavy (non-hydrogen) atoms. The van der Waals surface area contributed by atoms with E-state index in [0.29, 0.717) is 26.1 Å². The van der Waals surface area contributed by atoms with Crippen LogP contribution in [0.2, 0.25) is 0 Å². The van der Waals surface area contributed by atoms with E-state index in [-0.39, 0.29) is 17.9 Å². The molecule has 2 amide bonds. The topological polar surface area (TPSA) is 72.9 Å². The van der Waals surface area contributed by atoms with Crippen LogP contribution in [-0.2, 0) is 9.59 Å². The molecule has 1 heterocycles. The van der Waals surface area contributed by atoms with E-state index in [4.69, 9.17) is 0 Å². The Kier molecular flexibility index (Phi) is 6.67. The van der Waals surface area contributed by atoms with Crippen LogP contribution in [0.1, 0.15) is 20.3 Å². The number of rotatable bonds is 6. The number of aliphatic hydroxyl groups is 1. The first-order valence-corrected chi connectivity index (χ1v) is 7.01. The summed E-state index contributed by atoms with van der Waals surface area (Å²) < 4.78 is 0. The number of β-amino-alcohol motifs (C(OH)–C–C–N with tert-alkyl or cyclic N) is 1. The molecule has 2 N–H and O–H groups in total. The molecule has 6 nitrogen and oxygen atoms in total. The number of hydrogen-bond acceptors (Lipinski definition) is 4. The van der Waals surface area contributed by atoms with Crippen molar-refractivity contribution >= 4 is 11.8 Å². The second-order valence-electron chi connectivity index (χ2n) is 5.25. The van der Waals surface area contributed by atoms with Crippen LogP contribution in [0.15, 0.2) is 12.7 Å². The molecule has 0 bridgehead atoms. The van der Waals surface area contributed by atoms with Gasteiger partial charge in [0, 0.05) is 39.6 Å². The van der Waals surface area contributed by atoms with E-state index in [9.17, 15) is 14.7 Å². The van der Waals surface area contributed by atoms with E-state index >= 15 is 0 Å². The maximum Gasteiger partial charge on any atom is 0.245 e. The van der Waals surface area contributed by atoms with Crippen molar-refractivity contribution in [3.63, 3.8) is 0 Å². The second kappa shape index (κ2) is 8.01. The van der Waals surface area contributed by atoms with E-state index in [2.05, 4.69) is 16.8 Å². The molecule has 0 aromatic heterocycles. The zero-order chi connectivity index (χ0) is 15.1. The minimum Gasteiger partial charge on any atom is -0.392 e. The molecule has 0 aliphatic carbocycles. The fraction of sp³-hybridized carbons (Fsp3) is 0.714. The van der Waals surface area contributed by atoms with Crippen molar-refractivity contribution in [1.82, 2.24) is 15.1 Å². The van der Waals surface area contributed by atoms with Crippen LogP contribution in [0.3, 0.4) is 0 Å². The zero-order valence-corrected chi connectivity index (χ0v) is 12.3. The Morgan fingerprint density at radius 3 is 2.40 bits per heavy atom. The molecule has 1 rings (SSSR count). The van der Waals surface area contributed by atoms with Crippen molar-refractivity contribution in [2.45, 2.75) is 32.4 Å². The lowest BCUT2D eigenvalue weighted by molar-refractivity contribution is -0.137. The molecule has 0 spiro atoms. The normalized spacial score (nSPS) is 19.2. The minimum atomic E-state index is -0.520. The molecule has 0 aromatic carbocycles. The molecule has 2 atom stereocenters. The average Bonchev–Trinajstić information content (AvgIpc) is 2.37. The van der Waals surface area contributed by atoms with Gasteiger partial charge in [0.05, 0.1) is 6.10 Å². The largest absolute Gasteiger partial charge is 0.392 e. The lowest BCUT2D eigenvalue weighted by Gasteiger charge is -2.36. The number of hydrogen-bond donors (Lipinski definition) is 2. The molecule has 114 valence electrons. The molecule has 6 heteroatoms. The number of carbonyl (C=O) groups excluding carboxylic acids is 2. The summed E-state index contributed by atoms with van der Waals surface area (Å²) in [6.45, 7) is 10.2. The highest BCUT2D eigenvalue weighted by Crippen LogP contribution is 2.07. The van der Waals surface area contributed by atoms with Gasteiger partial charge in [-0.05, 0) is 13.3 Å². The molecule has 1 saturated heterocycles. The Balaban J connectivity index is 2.51. The molecule has 0 aromatic rings. The van der Waals surface area contributed by atoms with E-state index in [0.717, 1.165) is 13.1 Å². The first kappa shape index (κ1) is 16.7. The van der Waals surface area contributed by atoms with Crippen LogP contribution >= 0.6 is 0 Å². The van der Waals surface area contributed by atoms with Gasteiger partial charge >= 0.3 is 0 Å². The molecule has 0 saturated carbocycles. The Morgan fingerprint density at radius 2 is 1.95 bits per heavy atom. The molecule has 1 fully saturated rings. The van der Waals surface area contributed by atoms with Gasteiger partial charge in [0.25, 0.3) is 0 Å². The maximum absolute atomic E-state index is 12.3. The van der Waals surface area contributed by atoms with Gasteiger partial charge in [-0.2, -0.15) is 0 Å². The lowest BCUT2D eigenvalue weighted by atomic mass is 10.1. The van der Waals surface area contributed by atoms with Crippen molar-refractivity contribution < 1.29 is 14.7 Å². The van der Waals surface area contributed by atoms with Gasteiger partial charge in [0.2, 0.25) is 11.8 Å². The predicted octanol–water partition coefficient (Wildman–Crippen LogP) is -0.408. The number of nitrogens with one attached hydrogen (secondary N) is 1. The van der Waals surface area contributed by atoms with Gasteiger partial charge in [-0.3, -0.25) is 14.5 Å². The SMILES string of the molecule is C=CC[C@H](NC(C)=O)C(=O)N1CCN(C[C@H](C)O)CC1. The van der Waals surface area contributed by atoms with Gasteiger partial charge in [-0.25, -0.2) is 0 Å². The third kappa shape index (κ3) is 5.30. The lowest BCUT2D eigenvalue weighted by Crippen LogP contribution is -2.55. The summed E-state index contributed by atoms with van der Waals surface area (Å²) in [5.41, 5.74) is 0. The summed E-state index contributed by atoms with van der Waals surface area (Å²) in [6.07, 6.45) is 1.72. The highest BCUT2D eigenvalue weighted by Gasteiger charge is 2.27. The highest BCUT2D eigenvalue weighted by molar-refractivity contribution is 5.87. The van der Waals surface area contributed by atoms with Crippen LogP contribution in [0.5, 0.6) is 0 Å². The Hall–Kier alpha value is -1.40. The Labute approximate surface area is 120 Å². The molecular weight excluding hydrogens is 258 g/mol. The smallest absolute Gasteiger partial charge is 0.245 e. The molecule has 1 aliphatic heterocycles. The average molecular weight is 283 g/mol. The third-order valence-corrected chi connectivity index (χ3v) is 3.28. The minimum absolute atomic E-state index is 0.0585. The standard InChI is InChI=1S/C14H25N3O3/c1-4-5-13(15-12(3)19)14(20)17-8-6-16(7-9-17)10-11(2)18/h4,11,13,18H,1,5-10H2,2-3H3,(H,15,19)/t11-,13-/m0/s1. The summed E-state index contributed by atoms with van der Waals surface area (Å²) in [4.78, 5) is 27.4. The Bertz CT molecular complexity index is 350. The fourth-order valence-electron chi connectivity index (χ4n) is 2.38. The fourth-order valence-corrected chi connectivity index (χ4v) is 2.38. The quantitative estimate of drug-likeness (QED) is 0.650. The number of aliphatic hydroxyl groups excluding tert-OH is 1. The van der Waals surface area contributed by atoms with Crippen LogP contribution < -0.4 is 5.32 Å². The van der Waals surface area contributed by atoms with Crippen LogP contribution in [0.4, 0.5) is 0 Å². The van der Waals surface area contributed by atoms with Crippen molar-refractivity contribution in [1.29, 1.82) is 0 Å². The first-order valence-electron chi connectivity index (χ1n) is 7.01. The number of amides is 2. The Morgan fingerprint density at radius 1 is 1.35 bits per heavy atom. The van der Waals surface area contributed by atoms with Gasteiger partial charge in [0.15, 0.2) is 0 Å². The summed E-state index contributed by atoms with van der Waals surface area (Å²) in [5, 5.41) is 12.0. The second-order valence-corrected chi connectivity index (χ2v) is 5.25. The summed E-state index contributed by atoms with van der Waals surface area (Å²) in [6, 6.07) is -0.520. The number of piperazine rings is 1. The molecular formula is C14H25N3O3. The van der Waals surface area contributed by atoms with Crippen molar-refractivity contribution in [3.8, 4) is 0 Å². The van der Waals surface area contributed by atoms with Crippen LogP contribution in [0.25, 0.3) is 0 Å². The van der Waals surface area contributed by atoms with E-state index in [1.807, 2.05) is 0 Å². The van der Waals surface area contributed by atoms with Gasteiger partial charge < -0.3 is 15.3 Å². The van der Waals surface area contributed by atoms with Crippen molar-refractivity contribution in [3.05, 3.63) is 12.7 Å². The van der Waals surface area contributed by atoms with E-state index in [1.54, 1.807) is 17.9 Å². The molecule has 0 radical (unpaired) electrons. The third-order valence-electron chi connectivity index (χ3n) is 3.28. The van der Waals surface area contributed by atoms with Gasteiger partial charge in [0.1, 0.15) is 6.04 Å². The van der Waals surface area contributed by atoms with E-state index < -0.39 is 6.04 Å². The van der Waals surface area contributed by atoms with Gasteiger partial charge in [-0.1, -0.05) is 6.08 Å². The monoisotopic (exact) mass is 283 g/mol. The first-order chi connectivity index (χ1) is 9.43. The van der Waals surface area contributed by atoms with Crippen LogP contribution in [-0.4, -0.2) is 71.6 Å². The van der Waals surface area contributed by atoms with Crippen LogP contribution in [0, 0.1) is 0 Å². The summed E-state index contributed by atoms with van der Waals surface area (Å²) in [5.74, 6) is -0.269. The maximum atomic E-state index is 12.3. The molecule has 0 unspecified atom stereocenters. The number of carbonyl (C=O) groups is 2. The zero-order valence-electron chi connectivity index (χ0n) is 12.3. The highest BCUT2D eigenvalue weighted by atomic mass is 16.3.